The van der Waals surface area contributed by atoms with Crippen molar-refractivity contribution < 1.29 is 17.9 Å². The number of anilines is 2. The third-order valence-electron chi connectivity index (χ3n) is 5.68. The summed E-state index contributed by atoms with van der Waals surface area (Å²) in [6, 6.07) is 14.3. The Balaban J connectivity index is 1.73. The first kappa shape index (κ1) is 22.9. The molecule has 1 aliphatic rings. The minimum absolute atomic E-state index is 0.190. The minimum Gasteiger partial charge on any atom is -0.495 e. The lowest BCUT2D eigenvalue weighted by Gasteiger charge is -2.39. The number of carbonyl (C=O) groups excluding carboxylic acids is 1. The van der Waals surface area contributed by atoms with E-state index in [1.54, 1.807) is 31.1 Å². The monoisotopic (exact) mass is 445 g/mol. The highest BCUT2D eigenvalue weighted by Crippen LogP contribution is 2.29. The molecule has 3 rings (SSSR count). The average molecular weight is 446 g/mol. The molecule has 0 radical (unpaired) electrons. The van der Waals surface area contributed by atoms with Crippen LogP contribution in [0.2, 0.25) is 0 Å². The lowest BCUT2D eigenvalue weighted by molar-refractivity contribution is -0.132. The van der Waals surface area contributed by atoms with Gasteiger partial charge in [0.05, 0.1) is 24.7 Å². The molecule has 1 fully saturated rings. The van der Waals surface area contributed by atoms with Crippen LogP contribution in [0.1, 0.15) is 19.4 Å². The summed E-state index contributed by atoms with van der Waals surface area (Å²) in [6.45, 7) is 6.05. The van der Waals surface area contributed by atoms with Crippen molar-refractivity contribution in [1.29, 1.82) is 0 Å². The number of rotatable bonds is 7. The lowest BCUT2D eigenvalue weighted by atomic mass is 10.1. The number of methoxy groups -OCH3 is 1. The highest BCUT2D eigenvalue weighted by molar-refractivity contribution is 7.92. The molecule has 2 aromatic carbocycles. The highest BCUT2D eigenvalue weighted by Gasteiger charge is 2.33. The van der Waals surface area contributed by atoms with Gasteiger partial charge < -0.3 is 14.5 Å². The van der Waals surface area contributed by atoms with Gasteiger partial charge in [-0.15, -0.1) is 0 Å². The number of amides is 1. The number of ether oxygens (including phenoxy) is 1. The standard InChI is InChI=1S/C23H31N3O4S/c1-5-19-10-12-20(13-11-19)26(31(4,28)29)18(2)23(27)25-16-14-24(15-17-25)21-8-6-7-9-22(21)30-3/h6-13,18H,5,14-17H2,1-4H3/t18-/m0/s1. The zero-order valence-electron chi connectivity index (χ0n) is 18.6. The smallest absolute Gasteiger partial charge is 0.246 e. The first-order valence-corrected chi connectivity index (χ1v) is 12.4. The van der Waals surface area contributed by atoms with Crippen molar-refractivity contribution in [1.82, 2.24) is 4.90 Å². The van der Waals surface area contributed by atoms with Crippen LogP contribution in [0.25, 0.3) is 0 Å². The van der Waals surface area contributed by atoms with Crippen LogP contribution in [0, 0.1) is 0 Å². The average Bonchev–Trinajstić information content (AvgIpc) is 2.78. The van der Waals surface area contributed by atoms with Crippen molar-refractivity contribution in [3.05, 3.63) is 54.1 Å². The molecule has 0 N–H and O–H groups in total. The predicted molar refractivity (Wildman–Crippen MR) is 124 cm³/mol. The molecule has 0 unspecified atom stereocenters. The minimum atomic E-state index is -3.62. The molecule has 2 aromatic rings. The van der Waals surface area contributed by atoms with Crippen molar-refractivity contribution in [3.63, 3.8) is 0 Å². The Bertz CT molecular complexity index is 1000. The Morgan fingerprint density at radius 2 is 1.68 bits per heavy atom. The van der Waals surface area contributed by atoms with Crippen LogP contribution in [0.5, 0.6) is 5.75 Å². The van der Waals surface area contributed by atoms with Crippen molar-refractivity contribution in [3.8, 4) is 5.75 Å². The number of piperazine rings is 1. The number of hydrogen-bond acceptors (Lipinski definition) is 5. The fraction of sp³-hybridized carbons (Fsp3) is 0.435. The van der Waals surface area contributed by atoms with Gasteiger partial charge in [-0.3, -0.25) is 9.10 Å². The van der Waals surface area contributed by atoms with Crippen molar-refractivity contribution >= 4 is 27.3 Å². The Morgan fingerprint density at radius 3 is 2.23 bits per heavy atom. The second-order valence-corrected chi connectivity index (χ2v) is 9.60. The van der Waals surface area contributed by atoms with Crippen LogP contribution < -0.4 is 13.9 Å². The number of para-hydroxylation sites is 2. The van der Waals surface area contributed by atoms with Crippen molar-refractivity contribution in [2.75, 3.05) is 48.7 Å². The lowest BCUT2D eigenvalue weighted by Crippen LogP contribution is -2.55. The normalized spacial score (nSPS) is 15.5. The third kappa shape index (κ3) is 5.12. The van der Waals surface area contributed by atoms with E-state index >= 15 is 0 Å². The van der Waals surface area contributed by atoms with Gasteiger partial charge in [-0.2, -0.15) is 0 Å². The molecule has 8 heteroatoms. The maximum Gasteiger partial charge on any atom is 0.246 e. The van der Waals surface area contributed by atoms with E-state index in [9.17, 15) is 13.2 Å². The summed E-state index contributed by atoms with van der Waals surface area (Å²) in [7, 11) is -1.98. The molecule has 7 nitrogen and oxygen atoms in total. The number of nitrogens with zero attached hydrogens (tertiary/aromatic N) is 3. The number of benzene rings is 2. The quantitative estimate of drug-likeness (QED) is 0.656. The molecule has 0 saturated carbocycles. The van der Waals surface area contributed by atoms with Gasteiger partial charge in [0.25, 0.3) is 0 Å². The molecule has 0 aromatic heterocycles. The van der Waals surface area contributed by atoms with Gasteiger partial charge in [-0.25, -0.2) is 8.42 Å². The number of sulfonamides is 1. The van der Waals surface area contributed by atoms with Crippen LogP contribution in [-0.2, 0) is 21.2 Å². The van der Waals surface area contributed by atoms with E-state index in [-0.39, 0.29) is 5.91 Å². The molecule has 1 saturated heterocycles. The van der Waals surface area contributed by atoms with E-state index in [1.807, 2.05) is 43.3 Å². The van der Waals surface area contributed by atoms with Crippen LogP contribution in [-0.4, -0.2) is 64.8 Å². The van der Waals surface area contributed by atoms with E-state index < -0.39 is 16.1 Å². The van der Waals surface area contributed by atoms with E-state index in [2.05, 4.69) is 4.90 Å². The molecule has 1 aliphatic heterocycles. The van der Waals surface area contributed by atoms with Crippen molar-refractivity contribution in [2.24, 2.45) is 0 Å². The van der Waals surface area contributed by atoms with Gasteiger partial charge in [-0.05, 0) is 43.2 Å². The Hall–Kier alpha value is -2.74. The van der Waals surface area contributed by atoms with Crippen LogP contribution >= 0.6 is 0 Å². The second kappa shape index (κ2) is 9.60. The molecule has 1 atom stereocenters. The second-order valence-electron chi connectivity index (χ2n) is 7.74. The number of hydrogen-bond donors (Lipinski definition) is 0. The number of aryl methyl sites for hydroxylation is 1. The van der Waals surface area contributed by atoms with Gasteiger partial charge in [0.15, 0.2) is 0 Å². The fourth-order valence-electron chi connectivity index (χ4n) is 4.00. The summed E-state index contributed by atoms with van der Waals surface area (Å²) in [4.78, 5) is 17.2. The first-order valence-electron chi connectivity index (χ1n) is 10.5. The topological polar surface area (TPSA) is 70.2 Å². The van der Waals surface area contributed by atoms with Crippen LogP contribution in [0.4, 0.5) is 11.4 Å². The Kier molecular flexibility index (Phi) is 7.10. The highest BCUT2D eigenvalue weighted by atomic mass is 32.2. The van der Waals surface area contributed by atoms with E-state index in [0.717, 1.165) is 29.7 Å². The Morgan fingerprint density at radius 1 is 1.06 bits per heavy atom. The maximum atomic E-state index is 13.2. The number of carbonyl (C=O) groups is 1. The van der Waals surface area contributed by atoms with Crippen LogP contribution in [0.3, 0.4) is 0 Å². The molecular formula is C23H31N3O4S. The summed E-state index contributed by atoms with van der Waals surface area (Å²) in [6.07, 6.45) is 2.01. The van der Waals surface area contributed by atoms with Crippen molar-refractivity contribution in [2.45, 2.75) is 26.3 Å². The zero-order chi connectivity index (χ0) is 22.6. The predicted octanol–water partition coefficient (Wildman–Crippen LogP) is 2.76. The molecule has 1 heterocycles. The Labute approximate surface area is 185 Å². The fourth-order valence-corrected chi connectivity index (χ4v) is 5.17. The molecular weight excluding hydrogens is 414 g/mol. The van der Waals surface area contributed by atoms with E-state index in [1.165, 1.54) is 4.31 Å². The largest absolute Gasteiger partial charge is 0.495 e. The molecule has 0 bridgehead atoms. The van der Waals surface area contributed by atoms with Gasteiger partial charge in [0.1, 0.15) is 11.8 Å². The summed E-state index contributed by atoms with van der Waals surface area (Å²) < 4.78 is 31.8. The third-order valence-corrected chi connectivity index (χ3v) is 6.92. The zero-order valence-corrected chi connectivity index (χ0v) is 19.4. The summed E-state index contributed by atoms with van der Waals surface area (Å²) >= 11 is 0. The molecule has 0 aliphatic carbocycles. The van der Waals surface area contributed by atoms with Gasteiger partial charge in [-0.1, -0.05) is 31.2 Å². The van der Waals surface area contributed by atoms with E-state index in [0.29, 0.717) is 31.9 Å². The van der Waals surface area contributed by atoms with E-state index in [4.69, 9.17) is 4.74 Å². The summed E-state index contributed by atoms with van der Waals surface area (Å²) in [5.74, 6) is 0.610. The summed E-state index contributed by atoms with van der Waals surface area (Å²) in [5.41, 5.74) is 2.62. The van der Waals surface area contributed by atoms with Crippen LogP contribution in [0.15, 0.2) is 48.5 Å². The molecule has 31 heavy (non-hydrogen) atoms. The molecule has 0 spiro atoms. The van der Waals surface area contributed by atoms with Gasteiger partial charge in [0, 0.05) is 26.2 Å². The van der Waals surface area contributed by atoms with Gasteiger partial charge in [0.2, 0.25) is 15.9 Å². The maximum absolute atomic E-state index is 13.2. The molecule has 1 amide bonds. The van der Waals surface area contributed by atoms with Gasteiger partial charge >= 0.3 is 0 Å². The summed E-state index contributed by atoms with van der Waals surface area (Å²) in [5, 5.41) is 0. The molecule has 168 valence electrons. The first-order chi connectivity index (χ1) is 14.8. The SMILES string of the molecule is CCc1ccc(N([C@@H](C)C(=O)N2CCN(c3ccccc3OC)CC2)S(C)(=O)=O)cc1.